The summed E-state index contributed by atoms with van der Waals surface area (Å²) in [6, 6.07) is 0. The SMILES string of the molecule is O=C(NS)c1cscn1. The molecule has 0 aromatic carbocycles. The smallest absolute Gasteiger partial charge is 0.280 e. The van der Waals surface area contributed by atoms with Crippen LogP contribution >= 0.6 is 24.2 Å². The van der Waals surface area contributed by atoms with Gasteiger partial charge in [-0.1, -0.05) is 12.8 Å². The van der Waals surface area contributed by atoms with E-state index >= 15 is 0 Å². The largest absolute Gasteiger partial charge is 0.297 e. The highest BCUT2D eigenvalue weighted by molar-refractivity contribution is 7.78. The molecule has 0 aliphatic heterocycles. The van der Waals surface area contributed by atoms with Gasteiger partial charge in [0.25, 0.3) is 5.91 Å². The minimum Gasteiger partial charge on any atom is -0.297 e. The second kappa shape index (κ2) is 2.84. The van der Waals surface area contributed by atoms with Crippen molar-refractivity contribution in [2.75, 3.05) is 0 Å². The summed E-state index contributed by atoms with van der Waals surface area (Å²) in [5, 5.41) is 1.66. The molecular formula is C4H4N2OS2. The average Bonchev–Trinajstić information content (AvgIpc) is 2.37. The molecule has 0 bridgehead atoms. The topological polar surface area (TPSA) is 42.0 Å². The molecule has 0 radical (unpaired) electrons. The van der Waals surface area contributed by atoms with Gasteiger partial charge in [-0.25, -0.2) is 4.98 Å². The second-order valence-corrected chi connectivity index (χ2v) is 2.26. The Kier molecular flexibility index (Phi) is 2.07. The van der Waals surface area contributed by atoms with Gasteiger partial charge in [-0.05, 0) is 0 Å². The average molecular weight is 160 g/mol. The van der Waals surface area contributed by atoms with Gasteiger partial charge in [0.15, 0.2) is 0 Å². The monoisotopic (exact) mass is 160 g/mol. The van der Waals surface area contributed by atoms with Crippen molar-refractivity contribution in [2.24, 2.45) is 0 Å². The van der Waals surface area contributed by atoms with Crippen LogP contribution < -0.4 is 4.72 Å². The van der Waals surface area contributed by atoms with Crippen LogP contribution in [0.15, 0.2) is 10.9 Å². The molecule has 1 N–H and O–H groups in total. The summed E-state index contributed by atoms with van der Waals surface area (Å²) in [7, 11) is 0. The Hall–Kier alpha value is -0.550. The lowest BCUT2D eigenvalue weighted by Crippen LogP contribution is -2.12. The molecule has 0 spiro atoms. The molecule has 0 atom stereocenters. The lowest BCUT2D eigenvalue weighted by atomic mass is 10.5. The summed E-state index contributed by atoms with van der Waals surface area (Å²) in [4.78, 5) is 14.4. The zero-order valence-electron chi connectivity index (χ0n) is 4.37. The maximum Gasteiger partial charge on any atom is 0.280 e. The van der Waals surface area contributed by atoms with Gasteiger partial charge in [-0.2, -0.15) is 0 Å². The molecule has 3 nitrogen and oxygen atoms in total. The van der Waals surface area contributed by atoms with E-state index in [-0.39, 0.29) is 5.91 Å². The van der Waals surface area contributed by atoms with Crippen LogP contribution in [0.25, 0.3) is 0 Å². The van der Waals surface area contributed by atoms with Gasteiger partial charge in [-0.3, -0.25) is 9.52 Å². The Morgan fingerprint density at radius 1 is 1.89 bits per heavy atom. The van der Waals surface area contributed by atoms with Crippen LogP contribution in [0, 0.1) is 0 Å². The minimum absolute atomic E-state index is 0.264. The van der Waals surface area contributed by atoms with Crippen molar-refractivity contribution in [3.63, 3.8) is 0 Å². The zero-order chi connectivity index (χ0) is 6.69. The van der Waals surface area contributed by atoms with Crippen LogP contribution in [0.5, 0.6) is 0 Å². The van der Waals surface area contributed by atoms with Gasteiger partial charge in [0.1, 0.15) is 5.69 Å². The van der Waals surface area contributed by atoms with Crippen molar-refractivity contribution in [3.8, 4) is 0 Å². The van der Waals surface area contributed by atoms with Crippen LogP contribution in [0.1, 0.15) is 10.5 Å². The van der Waals surface area contributed by atoms with Crippen molar-refractivity contribution in [2.45, 2.75) is 0 Å². The number of rotatable bonds is 1. The Balaban J connectivity index is 2.77. The first-order chi connectivity index (χ1) is 4.34. The van der Waals surface area contributed by atoms with Gasteiger partial charge in [-0.15, -0.1) is 11.3 Å². The molecule has 0 saturated heterocycles. The predicted molar refractivity (Wildman–Crippen MR) is 38.6 cm³/mol. The van der Waals surface area contributed by atoms with Gasteiger partial charge < -0.3 is 0 Å². The summed E-state index contributed by atoms with van der Waals surface area (Å²) in [6.07, 6.45) is 0. The third kappa shape index (κ3) is 1.43. The molecule has 1 heterocycles. The molecule has 9 heavy (non-hydrogen) atoms. The molecule has 1 aromatic heterocycles. The molecule has 0 aliphatic rings. The highest BCUT2D eigenvalue weighted by Gasteiger charge is 2.02. The van der Waals surface area contributed by atoms with E-state index in [2.05, 4.69) is 22.5 Å². The number of carbonyl (C=O) groups is 1. The Bertz CT molecular complexity index is 196. The molecule has 5 heteroatoms. The molecule has 0 aliphatic carbocycles. The van der Waals surface area contributed by atoms with Crippen molar-refractivity contribution in [1.82, 2.24) is 9.71 Å². The number of amides is 1. The molecule has 1 aromatic rings. The van der Waals surface area contributed by atoms with E-state index in [9.17, 15) is 4.79 Å². The maximum atomic E-state index is 10.6. The number of thiazole rings is 1. The van der Waals surface area contributed by atoms with Gasteiger partial charge in [0, 0.05) is 5.38 Å². The van der Waals surface area contributed by atoms with Crippen molar-refractivity contribution < 1.29 is 4.79 Å². The fourth-order valence-electron chi connectivity index (χ4n) is 0.382. The predicted octanol–water partition coefficient (Wildman–Crippen LogP) is 0.718. The number of aromatic nitrogens is 1. The standard InChI is InChI=1S/C4H4N2OS2/c7-4(6-8)3-1-9-2-5-3/h1-2,8H,(H,6,7). The Morgan fingerprint density at radius 3 is 3.11 bits per heavy atom. The van der Waals surface area contributed by atoms with E-state index in [0.717, 1.165) is 0 Å². The Morgan fingerprint density at radius 2 is 2.67 bits per heavy atom. The van der Waals surface area contributed by atoms with Crippen LogP contribution in [0.2, 0.25) is 0 Å². The summed E-state index contributed by atoms with van der Waals surface area (Å²) in [5.74, 6) is -0.264. The van der Waals surface area contributed by atoms with Crippen molar-refractivity contribution in [3.05, 3.63) is 16.6 Å². The van der Waals surface area contributed by atoms with E-state index in [1.807, 2.05) is 0 Å². The van der Waals surface area contributed by atoms with Crippen molar-refractivity contribution in [1.29, 1.82) is 0 Å². The van der Waals surface area contributed by atoms with E-state index in [0.29, 0.717) is 5.69 Å². The number of nitrogens with zero attached hydrogens (tertiary/aromatic N) is 1. The first kappa shape index (κ1) is 6.57. The lowest BCUT2D eigenvalue weighted by molar-refractivity contribution is 0.0981. The van der Waals surface area contributed by atoms with Crippen molar-refractivity contribution >= 4 is 30.1 Å². The minimum atomic E-state index is -0.264. The number of hydrogen-bond acceptors (Lipinski definition) is 4. The fourth-order valence-corrected chi connectivity index (χ4v) is 1.03. The lowest BCUT2D eigenvalue weighted by Gasteiger charge is -1.88. The molecule has 0 saturated carbocycles. The molecule has 0 unspecified atom stereocenters. The second-order valence-electron chi connectivity index (χ2n) is 1.31. The highest BCUT2D eigenvalue weighted by atomic mass is 32.1. The van der Waals surface area contributed by atoms with Crippen LogP contribution in [0.4, 0.5) is 0 Å². The number of carbonyl (C=O) groups excluding carboxylic acids is 1. The molecular weight excluding hydrogens is 156 g/mol. The summed E-state index contributed by atoms with van der Waals surface area (Å²) < 4.78 is 2.17. The number of hydrogen-bond donors (Lipinski definition) is 2. The van der Waals surface area contributed by atoms with Crippen LogP contribution in [-0.4, -0.2) is 10.9 Å². The van der Waals surface area contributed by atoms with E-state index < -0.39 is 0 Å². The quantitative estimate of drug-likeness (QED) is 0.594. The van der Waals surface area contributed by atoms with E-state index in [4.69, 9.17) is 0 Å². The molecule has 48 valence electrons. The molecule has 1 amide bonds. The van der Waals surface area contributed by atoms with E-state index in [1.165, 1.54) is 11.3 Å². The van der Waals surface area contributed by atoms with Gasteiger partial charge >= 0.3 is 0 Å². The van der Waals surface area contributed by atoms with Gasteiger partial charge in [0.2, 0.25) is 0 Å². The summed E-state index contributed by atoms with van der Waals surface area (Å²) in [5.41, 5.74) is 2.01. The third-order valence-electron chi connectivity index (χ3n) is 0.767. The zero-order valence-corrected chi connectivity index (χ0v) is 6.08. The van der Waals surface area contributed by atoms with Gasteiger partial charge in [0.05, 0.1) is 5.51 Å². The molecule has 1 rings (SSSR count). The molecule has 0 fully saturated rings. The Labute approximate surface area is 61.7 Å². The number of thiol groups is 1. The first-order valence-electron chi connectivity index (χ1n) is 2.17. The first-order valence-corrected chi connectivity index (χ1v) is 3.56. The van der Waals surface area contributed by atoms with Crippen LogP contribution in [-0.2, 0) is 0 Å². The van der Waals surface area contributed by atoms with E-state index in [1.54, 1.807) is 10.9 Å². The van der Waals surface area contributed by atoms with Crippen LogP contribution in [0.3, 0.4) is 0 Å². The fraction of sp³-hybridized carbons (Fsp3) is 0. The summed E-state index contributed by atoms with van der Waals surface area (Å²) >= 11 is 4.94. The maximum absolute atomic E-state index is 10.6. The highest BCUT2D eigenvalue weighted by Crippen LogP contribution is 1.99. The summed E-state index contributed by atoms with van der Waals surface area (Å²) in [6.45, 7) is 0. The third-order valence-corrected chi connectivity index (χ3v) is 1.56. The normalized spacial score (nSPS) is 9.00. The number of nitrogens with one attached hydrogen (secondary N) is 1.